The van der Waals surface area contributed by atoms with Crippen molar-refractivity contribution in [1.82, 2.24) is 5.01 Å². The van der Waals surface area contributed by atoms with Crippen LogP contribution in [0, 0.1) is 0 Å². The van der Waals surface area contributed by atoms with E-state index < -0.39 is 0 Å². The van der Waals surface area contributed by atoms with Crippen molar-refractivity contribution >= 4 is 6.21 Å². The van der Waals surface area contributed by atoms with Crippen molar-refractivity contribution in [2.24, 2.45) is 5.10 Å². The van der Waals surface area contributed by atoms with Crippen LogP contribution in [0.5, 0.6) is 17.2 Å². The fourth-order valence-corrected chi connectivity index (χ4v) is 2.94. The number of ether oxygens (including phenoxy) is 3. The molecule has 0 N–H and O–H groups in total. The van der Waals surface area contributed by atoms with Crippen LogP contribution in [-0.2, 0) is 0 Å². The van der Waals surface area contributed by atoms with E-state index in [2.05, 4.69) is 24.0 Å². The molecule has 1 aliphatic rings. The van der Waals surface area contributed by atoms with Crippen LogP contribution < -0.4 is 14.2 Å². The van der Waals surface area contributed by atoms with Crippen molar-refractivity contribution in [3.63, 3.8) is 0 Å². The maximum absolute atomic E-state index is 5.37. The maximum atomic E-state index is 5.37. The first-order valence-electron chi connectivity index (χ1n) is 7.73. The molecule has 0 bridgehead atoms. The molecular formula is C17H26N2O3. The lowest BCUT2D eigenvalue weighted by molar-refractivity contribution is 0.109. The van der Waals surface area contributed by atoms with Gasteiger partial charge >= 0.3 is 0 Å². The number of benzene rings is 1. The Morgan fingerprint density at radius 3 is 2.00 bits per heavy atom. The second-order valence-electron chi connectivity index (χ2n) is 5.71. The molecule has 0 aromatic heterocycles. The summed E-state index contributed by atoms with van der Waals surface area (Å²) in [5, 5.41) is 6.87. The molecule has 1 saturated heterocycles. The minimum Gasteiger partial charge on any atom is -0.493 e. The zero-order valence-corrected chi connectivity index (χ0v) is 14.1. The zero-order valence-electron chi connectivity index (χ0n) is 14.1. The highest BCUT2D eigenvalue weighted by Crippen LogP contribution is 2.37. The summed E-state index contributed by atoms with van der Waals surface area (Å²) in [6, 6.07) is 4.76. The van der Waals surface area contributed by atoms with E-state index in [1.54, 1.807) is 21.3 Å². The molecule has 2 atom stereocenters. The molecule has 1 aromatic carbocycles. The molecule has 0 spiro atoms. The molecule has 5 nitrogen and oxygen atoms in total. The van der Waals surface area contributed by atoms with Gasteiger partial charge in [-0.05, 0) is 45.2 Å². The Morgan fingerprint density at radius 2 is 1.55 bits per heavy atom. The number of methoxy groups -OCH3 is 3. The molecule has 5 heteroatoms. The van der Waals surface area contributed by atoms with Crippen molar-refractivity contribution in [3.8, 4) is 17.2 Å². The molecule has 1 aliphatic heterocycles. The summed E-state index contributed by atoms with van der Waals surface area (Å²) in [5.74, 6) is 1.88. The predicted octanol–water partition coefficient (Wildman–Crippen LogP) is 3.31. The Bertz CT molecular complexity index is 496. The number of nitrogens with zero attached hydrogens (tertiary/aromatic N) is 2. The van der Waals surface area contributed by atoms with E-state index in [0.29, 0.717) is 29.3 Å². The Labute approximate surface area is 132 Å². The van der Waals surface area contributed by atoms with E-state index in [4.69, 9.17) is 14.2 Å². The SMILES string of the molecule is COc1cc(C=NN2C(C)CCCC2C)cc(OC)c1OC. The molecule has 122 valence electrons. The summed E-state index contributed by atoms with van der Waals surface area (Å²) in [7, 11) is 4.84. The normalized spacial score (nSPS) is 22.0. The summed E-state index contributed by atoms with van der Waals surface area (Å²) in [5.41, 5.74) is 0.930. The Hall–Kier alpha value is -1.91. The third-order valence-electron chi connectivity index (χ3n) is 4.17. The molecule has 1 aromatic rings. The lowest BCUT2D eigenvalue weighted by atomic mass is 10.00. The average molecular weight is 306 g/mol. The highest BCUT2D eigenvalue weighted by atomic mass is 16.5. The standard InChI is InChI=1S/C17H26N2O3/c1-12-7-6-8-13(2)19(12)18-11-14-9-15(20-3)17(22-5)16(10-14)21-4/h9-13H,6-8H2,1-5H3. The van der Waals surface area contributed by atoms with Crippen LogP contribution in [0.15, 0.2) is 17.2 Å². The third-order valence-corrected chi connectivity index (χ3v) is 4.17. The Kier molecular flexibility index (Phi) is 5.52. The minimum atomic E-state index is 0.474. The van der Waals surface area contributed by atoms with Crippen molar-refractivity contribution in [2.45, 2.75) is 45.2 Å². The fourth-order valence-electron chi connectivity index (χ4n) is 2.94. The van der Waals surface area contributed by atoms with Crippen molar-refractivity contribution in [1.29, 1.82) is 0 Å². The highest BCUT2D eigenvalue weighted by molar-refractivity contribution is 5.82. The van der Waals surface area contributed by atoms with Gasteiger partial charge in [-0.15, -0.1) is 0 Å². The molecule has 0 radical (unpaired) electrons. The second kappa shape index (κ2) is 7.38. The molecule has 0 saturated carbocycles. The molecule has 2 rings (SSSR count). The number of hydrogen-bond donors (Lipinski definition) is 0. The number of rotatable bonds is 5. The van der Waals surface area contributed by atoms with Gasteiger partial charge in [-0.3, -0.25) is 5.01 Å². The first kappa shape index (κ1) is 16.5. The summed E-state index contributed by atoms with van der Waals surface area (Å²) < 4.78 is 16.1. The molecule has 1 fully saturated rings. The molecule has 0 amide bonds. The van der Waals surface area contributed by atoms with Gasteiger partial charge in [0.2, 0.25) is 5.75 Å². The Balaban J connectivity index is 2.26. The van der Waals surface area contributed by atoms with Crippen LogP contribution in [0.25, 0.3) is 0 Å². The van der Waals surface area contributed by atoms with Crippen LogP contribution >= 0.6 is 0 Å². The molecular weight excluding hydrogens is 280 g/mol. The molecule has 0 aliphatic carbocycles. The smallest absolute Gasteiger partial charge is 0.203 e. The lowest BCUT2D eigenvalue weighted by Gasteiger charge is -2.36. The van der Waals surface area contributed by atoms with Gasteiger partial charge in [0.25, 0.3) is 0 Å². The van der Waals surface area contributed by atoms with E-state index in [-0.39, 0.29) is 0 Å². The van der Waals surface area contributed by atoms with Gasteiger partial charge in [-0.2, -0.15) is 5.10 Å². The first-order chi connectivity index (χ1) is 10.6. The summed E-state index contributed by atoms with van der Waals surface area (Å²) in [4.78, 5) is 0. The fraction of sp³-hybridized carbons (Fsp3) is 0.588. The number of hydrogen-bond acceptors (Lipinski definition) is 5. The van der Waals surface area contributed by atoms with E-state index in [9.17, 15) is 0 Å². The van der Waals surface area contributed by atoms with Crippen LogP contribution in [0.3, 0.4) is 0 Å². The van der Waals surface area contributed by atoms with Crippen molar-refractivity contribution < 1.29 is 14.2 Å². The van der Waals surface area contributed by atoms with Crippen LogP contribution in [-0.4, -0.2) is 44.6 Å². The van der Waals surface area contributed by atoms with E-state index in [1.165, 1.54) is 19.3 Å². The van der Waals surface area contributed by atoms with E-state index in [0.717, 1.165) is 5.56 Å². The zero-order chi connectivity index (χ0) is 16.1. The minimum absolute atomic E-state index is 0.474. The molecule has 22 heavy (non-hydrogen) atoms. The second-order valence-corrected chi connectivity index (χ2v) is 5.71. The van der Waals surface area contributed by atoms with Gasteiger partial charge in [0.05, 0.1) is 27.5 Å². The molecule has 1 heterocycles. The maximum Gasteiger partial charge on any atom is 0.203 e. The number of piperidine rings is 1. The lowest BCUT2D eigenvalue weighted by Crippen LogP contribution is -2.39. The highest BCUT2D eigenvalue weighted by Gasteiger charge is 2.22. The van der Waals surface area contributed by atoms with Gasteiger partial charge in [-0.25, -0.2) is 0 Å². The predicted molar refractivity (Wildman–Crippen MR) is 88.3 cm³/mol. The van der Waals surface area contributed by atoms with Crippen LogP contribution in [0.4, 0.5) is 0 Å². The summed E-state index contributed by atoms with van der Waals surface area (Å²) in [6.07, 6.45) is 5.52. The largest absolute Gasteiger partial charge is 0.493 e. The quantitative estimate of drug-likeness (QED) is 0.783. The van der Waals surface area contributed by atoms with E-state index in [1.807, 2.05) is 18.3 Å². The van der Waals surface area contributed by atoms with Gasteiger partial charge < -0.3 is 14.2 Å². The monoisotopic (exact) mass is 306 g/mol. The number of hydrazone groups is 1. The van der Waals surface area contributed by atoms with Crippen LogP contribution in [0.2, 0.25) is 0 Å². The van der Waals surface area contributed by atoms with Crippen LogP contribution in [0.1, 0.15) is 38.7 Å². The average Bonchev–Trinajstić information content (AvgIpc) is 2.53. The van der Waals surface area contributed by atoms with Gasteiger partial charge in [0.15, 0.2) is 11.5 Å². The van der Waals surface area contributed by atoms with E-state index >= 15 is 0 Å². The van der Waals surface area contributed by atoms with Crippen molar-refractivity contribution in [3.05, 3.63) is 17.7 Å². The first-order valence-corrected chi connectivity index (χ1v) is 7.73. The topological polar surface area (TPSA) is 43.3 Å². The van der Waals surface area contributed by atoms with Gasteiger partial charge in [0.1, 0.15) is 0 Å². The summed E-state index contributed by atoms with van der Waals surface area (Å²) >= 11 is 0. The van der Waals surface area contributed by atoms with Crippen molar-refractivity contribution in [2.75, 3.05) is 21.3 Å². The van der Waals surface area contributed by atoms with Gasteiger partial charge in [0, 0.05) is 17.6 Å². The molecule has 2 unspecified atom stereocenters. The summed E-state index contributed by atoms with van der Waals surface area (Å²) in [6.45, 7) is 4.45. The Morgan fingerprint density at radius 1 is 1.00 bits per heavy atom. The third kappa shape index (κ3) is 3.46. The van der Waals surface area contributed by atoms with Gasteiger partial charge in [-0.1, -0.05) is 0 Å².